The molecule has 2 rings (SSSR count). The first-order chi connectivity index (χ1) is 6.79. The van der Waals surface area contributed by atoms with Gasteiger partial charge in [0, 0.05) is 0 Å². The third-order valence-corrected chi connectivity index (χ3v) is 5.35. The SMILES string of the molecule is [Hg][c]1ccccc1.[Hg][c]1ccccc1.[OH3+]. The van der Waals surface area contributed by atoms with E-state index in [9.17, 15) is 0 Å². The van der Waals surface area contributed by atoms with Crippen LogP contribution < -0.4 is 6.14 Å². The van der Waals surface area contributed by atoms with Crippen LogP contribution >= 0.6 is 0 Å². The van der Waals surface area contributed by atoms with E-state index < -0.39 is 0 Å². The van der Waals surface area contributed by atoms with Gasteiger partial charge in [0.05, 0.1) is 0 Å². The van der Waals surface area contributed by atoms with E-state index >= 15 is 0 Å². The normalized spacial score (nSPS) is 8.27. The van der Waals surface area contributed by atoms with E-state index in [1.54, 1.807) is 0 Å². The number of hydrogen-bond donors (Lipinski definition) is 0. The summed E-state index contributed by atoms with van der Waals surface area (Å²) in [6.45, 7) is 0. The summed E-state index contributed by atoms with van der Waals surface area (Å²) in [6, 6.07) is 21.1. The Balaban J connectivity index is 0.000000245. The molecule has 0 spiro atoms. The predicted molar refractivity (Wildman–Crippen MR) is 57.0 cm³/mol. The summed E-state index contributed by atoms with van der Waals surface area (Å²) in [4.78, 5) is 0. The van der Waals surface area contributed by atoms with Gasteiger partial charge in [-0.05, 0) is 0 Å². The van der Waals surface area contributed by atoms with Gasteiger partial charge in [-0.2, -0.15) is 0 Å². The minimum absolute atomic E-state index is 0. The Morgan fingerprint density at radius 1 is 0.533 bits per heavy atom. The van der Waals surface area contributed by atoms with Crippen molar-refractivity contribution in [1.29, 1.82) is 0 Å². The van der Waals surface area contributed by atoms with Gasteiger partial charge < -0.3 is 5.48 Å². The van der Waals surface area contributed by atoms with E-state index in [0.717, 1.165) is 52.2 Å². The fraction of sp³-hybridized carbons (Fsp3) is 0. The van der Waals surface area contributed by atoms with Crippen molar-refractivity contribution in [2.24, 2.45) is 0 Å². The third kappa shape index (κ3) is 8.12. The van der Waals surface area contributed by atoms with Crippen LogP contribution in [0.5, 0.6) is 0 Å². The summed E-state index contributed by atoms with van der Waals surface area (Å²) >= 11 is 1.62. The molecule has 2 aromatic carbocycles. The first-order valence-corrected chi connectivity index (χ1v) is 10.0. The number of hydrogen-bond acceptors (Lipinski definition) is 0. The summed E-state index contributed by atoms with van der Waals surface area (Å²) in [6.07, 6.45) is 0. The van der Waals surface area contributed by atoms with Crippen LogP contribution in [0.1, 0.15) is 0 Å². The Morgan fingerprint density at radius 3 is 0.933 bits per heavy atom. The van der Waals surface area contributed by atoms with Crippen LogP contribution in [0.4, 0.5) is 0 Å². The second-order valence-electron chi connectivity index (χ2n) is 2.97. The molecule has 0 aliphatic heterocycles. The third-order valence-electron chi connectivity index (χ3n) is 1.69. The smallest absolute Gasteiger partial charge is 0.457 e. The fourth-order valence-corrected chi connectivity index (χ4v) is 3.07. The molecule has 0 aliphatic rings. The summed E-state index contributed by atoms with van der Waals surface area (Å²) in [5.41, 5.74) is 0. The van der Waals surface area contributed by atoms with Crippen LogP contribution in [0.25, 0.3) is 0 Å². The molecule has 0 heterocycles. The molecule has 70 valence electrons. The fourth-order valence-electron chi connectivity index (χ4n) is 0.956. The largest absolute Gasteiger partial charge is 0.457 e. The van der Waals surface area contributed by atoms with E-state index in [2.05, 4.69) is 60.7 Å². The van der Waals surface area contributed by atoms with Crippen molar-refractivity contribution in [1.82, 2.24) is 0 Å². The van der Waals surface area contributed by atoms with Crippen LogP contribution in [0.3, 0.4) is 0 Å². The van der Waals surface area contributed by atoms with Crippen molar-refractivity contribution in [2.45, 2.75) is 0 Å². The first kappa shape index (κ1) is 15.3. The monoisotopic (exact) mass is 577 g/mol. The van der Waals surface area contributed by atoms with Gasteiger partial charge in [0.25, 0.3) is 0 Å². The average molecular weight is 574 g/mol. The molecule has 0 amide bonds. The minimum atomic E-state index is 0. The van der Waals surface area contributed by atoms with Gasteiger partial charge in [-0.15, -0.1) is 0 Å². The molecule has 0 atom stereocenters. The summed E-state index contributed by atoms with van der Waals surface area (Å²) in [5.74, 6) is 0. The molecule has 3 N–H and O–H groups in total. The van der Waals surface area contributed by atoms with Crippen molar-refractivity contribution >= 4 is 6.14 Å². The molecular formula is C12H13Hg2O+. The molecule has 15 heavy (non-hydrogen) atoms. The molecule has 3 heteroatoms. The van der Waals surface area contributed by atoms with Crippen molar-refractivity contribution in [3.05, 3.63) is 60.7 Å². The van der Waals surface area contributed by atoms with Crippen molar-refractivity contribution in [2.75, 3.05) is 0 Å². The quantitative estimate of drug-likeness (QED) is 0.330. The van der Waals surface area contributed by atoms with E-state index in [-0.39, 0.29) is 5.48 Å². The Hall–Kier alpha value is 0.270. The molecule has 0 bridgehead atoms. The van der Waals surface area contributed by atoms with Gasteiger partial charge in [-0.1, -0.05) is 0 Å². The maximum Gasteiger partial charge on any atom is -0.457 e. The second-order valence-corrected chi connectivity index (χ2v) is 9.32. The maximum atomic E-state index is 2.17. The maximum absolute atomic E-state index is 2.17. The molecule has 0 radical (unpaired) electrons. The Morgan fingerprint density at radius 2 is 0.800 bits per heavy atom. The van der Waals surface area contributed by atoms with Gasteiger partial charge in [-0.25, -0.2) is 0 Å². The van der Waals surface area contributed by atoms with Crippen molar-refractivity contribution in [3.8, 4) is 0 Å². The zero-order valence-electron chi connectivity index (χ0n) is 8.77. The van der Waals surface area contributed by atoms with Crippen molar-refractivity contribution < 1.29 is 57.7 Å². The minimum Gasteiger partial charge on any atom is -0.457 e. The van der Waals surface area contributed by atoms with Crippen LogP contribution in [-0.4, -0.2) is 0 Å². The Labute approximate surface area is 123 Å². The molecule has 0 saturated heterocycles. The molecule has 0 saturated carbocycles. The molecule has 2 aromatic rings. The van der Waals surface area contributed by atoms with Crippen LogP contribution in [0, 0.1) is 0 Å². The predicted octanol–water partition coefficient (Wildman–Crippen LogP) is 0.795. The van der Waals surface area contributed by atoms with Gasteiger partial charge in [0.15, 0.2) is 0 Å². The second kappa shape index (κ2) is 9.49. The van der Waals surface area contributed by atoms with Gasteiger partial charge in [0.1, 0.15) is 0 Å². The molecule has 0 aliphatic carbocycles. The molecule has 0 aromatic heterocycles. The van der Waals surface area contributed by atoms with Crippen LogP contribution in [0.15, 0.2) is 60.7 Å². The van der Waals surface area contributed by atoms with Gasteiger partial charge in [-0.3, -0.25) is 0 Å². The summed E-state index contributed by atoms with van der Waals surface area (Å²) in [5, 5.41) is 0. The zero-order chi connectivity index (χ0) is 10.2. The first-order valence-electron chi connectivity index (χ1n) is 4.53. The topological polar surface area (TPSA) is 33.0 Å². The molecule has 0 unspecified atom stereocenters. The standard InChI is InChI=1S/2C6H5.2Hg.H2O/c2*1-2-4-6-5-3-1;;;/h2*1-5H;;;1H2/p+1. The van der Waals surface area contributed by atoms with E-state index in [1.165, 1.54) is 6.14 Å². The summed E-state index contributed by atoms with van der Waals surface area (Å²) in [7, 11) is 0. The van der Waals surface area contributed by atoms with Gasteiger partial charge >= 0.3 is 119 Å². The molecule has 0 fully saturated rings. The molecule has 1 nitrogen and oxygen atoms in total. The van der Waals surface area contributed by atoms with E-state index in [0.29, 0.717) is 0 Å². The Kier molecular flexibility index (Phi) is 9.66. The zero-order valence-corrected chi connectivity index (χ0v) is 19.8. The Bertz CT molecular complexity index is 311. The van der Waals surface area contributed by atoms with Crippen LogP contribution in [-0.2, 0) is 57.7 Å². The summed E-state index contributed by atoms with van der Waals surface area (Å²) < 4.78 is 3.03. The van der Waals surface area contributed by atoms with Gasteiger partial charge in [0.2, 0.25) is 0 Å². The number of benzene rings is 2. The number of rotatable bonds is 0. The van der Waals surface area contributed by atoms with E-state index in [4.69, 9.17) is 0 Å². The average Bonchev–Trinajstić information content (AvgIpc) is 2.21. The molecular weight excluding hydrogens is 561 g/mol. The van der Waals surface area contributed by atoms with E-state index in [1.807, 2.05) is 0 Å². The van der Waals surface area contributed by atoms with Crippen LogP contribution in [0.2, 0.25) is 0 Å². The van der Waals surface area contributed by atoms with Crippen molar-refractivity contribution in [3.63, 3.8) is 0 Å².